The number of benzene rings is 1. The largest absolute Gasteiger partial charge is 0.484 e. The van der Waals surface area contributed by atoms with Crippen LogP contribution in [0.4, 0.5) is 26.3 Å². The predicted octanol–water partition coefficient (Wildman–Crippen LogP) is 3.05. The Morgan fingerprint density at radius 3 is 2.37 bits per heavy atom. The van der Waals surface area contributed by atoms with Gasteiger partial charge in [-0.2, -0.15) is 26.3 Å². The van der Waals surface area contributed by atoms with E-state index in [1.165, 1.54) is 0 Å². The molecular weight excluding hydrogens is 490 g/mol. The summed E-state index contributed by atoms with van der Waals surface area (Å²) in [5, 5.41) is 12.0. The SMILES string of the molecule is O=CCCN1CCCC(C(=O)O)C1CNC(=O)c1cc(OCC(F)(F)F)ccc1OCC(F)(F)F. The zero-order chi connectivity index (χ0) is 26.2. The molecule has 35 heavy (non-hydrogen) atoms. The van der Waals surface area contributed by atoms with Crippen LogP contribution in [0.15, 0.2) is 18.2 Å². The zero-order valence-electron chi connectivity index (χ0n) is 18.3. The number of ether oxygens (including phenoxy) is 2. The molecule has 196 valence electrons. The Balaban J connectivity index is 2.23. The molecule has 0 bridgehead atoms. The Kier molecular flexibility index (Phi) is 9.74. The van der Waals surface area contributed by atoms with Crippen LogP contribution < -0.4 is 14.8 Å². The molecule has 1 heterocycles. The molecule has 0 aromatic heterocycles. The molecule has 2 rings (SSSR count). The van der Waals surface area contributed by atoms with Gasteiger partial charge in [-0.15, -0.1) is 0 Å². The maximum atomic E-state index is 12.8. The number of nitrogens with one attached hydrogen (secondary N) is 1. The Morgan fingerprint density at radius 1 is 1.11 bits per heavy atom. The van der Waals surface area contributed by atoms with E-state index in [1.807, 2.05) is 0 Å². The van der Waals surface area contributed by atoms with Crippen LogP contribution in [0.2, 0.25) is 0 Å². The van der Waals surface area contributed by atoms with Gasteiger partial charge >= 0.3 is 18.3 Å². The number of aldehydes is 1. The summed E-state index contributed by atoms with van der Waals surface area (Å²) in [5.41, 5.74) is -0.518. The lowest BCUT2D eigenvalue weighted by Gasteiger charge is -2.39. The average Bonchev–Trinajstić information content (AvgIpc) is 2.77. The Morgan fingerprint density at radius 2 is 1.77 bits per heavy atom. The molecule has 2 unspecified atom stereocenters. The van der Waals surface area contributed by atoms with E-state index in [0.717, 1.165) is 18.2 Å². The first-order valence-corrected chi connectivity index (χ1v) is 10.5. The molecule has 1 aromatic carbocycles. The second-order valence-corrected chi connectivity index (χ2v) is 7.82. The van der Waals surface area contributed by atoms with E-state index in [4.69, 9.17) is 0 Å². The van der Waals surface area contributed by atoms with Gasteiger partial charge in [-0.05, 0) is 37.6 Å². The van der Waals surface area contributed by atoms with Crippen molar-refractivity contribution in [3.8, 4) is 11.5 Å². The highest BCUT2D eigenvalue weighted by Crippen LogP contribution is 2.29. The second-order valence-electron chi connectivity index (χ2n) is 7.82. The molecule has 14 heteroatoms. The lowest BCUT2D eigenvalue weighted by atomic mass is 9.88. The van der Waals surface area contributed by atoms with Gasteiger partial charge in [-0.25, -0.2) is 0 Å². The van der Waals surface area contributed by atoms with Crippen LogP contribution in [-0.4, -0.2) is 79.4 Å². The number of carboxylic acids is 1. The molecule has 2 N–H and O–H groups in total. The van der Waals surface area contributed by atoms with Crippen LogP contribution in [0.5, 0.6) is 11.5 Å². The number of likely N-dealkylation sites (tertiary alicyclic amines) is 1. The monoisotopic (exact) mass is 514 g/mol. The van der Waals surface area contributed by atoms with Crippen LogP contribution in [0.3, 0.4) is 0 Å². The first-order chi connectivity index (χ1) is 16.3. The third-order valence-corrected chi connectivity index (χ3v) is 5.21. The molecule has 0 aliphatic carbocycles. The van der Waals surface area contributed by atoms with Gasteiger partial charge in [-0.1, -0.05) is 0 Å². The van der Waals surface area contributed by atoms with E-state index in [2.05, 4.69) is 14.8 Å². The van der Waals surface area contributed by atoms with Crippen molar-refractivity contribution in [3.63, 3.8) is 0 Å². The van der Waals surface area contributed by atoms with Gasteiger partial charge in [0.15, 0.2) is 13.2 Å². The number of carbonyl (C=O) groups excluding carboxylic acids is 2. The smallest absolute Gasteiger partial charge is 0.422 e. The summed E-state index contributed by atoms with van der Waals surface area (Å²) in [4.78, 5) is 37.0. The first-order valence-electron chi connectivity index (χ1n) is 10.5. The fourth-order valence-corrected chi connectivity index (χ4v) is 3.70. The number of alkyl halides is 6. The number of carboxylic acid groups (broad SMARTS) is 1. The first kappa shape index (κ1) is 28.2. The van der Waals surface area contributed by atoms with Gasteiger partial charge in [0.25, 0.3) is 5.91 Å². The number of piperidine rings is 1. The molecule has 1 aromatic rings. The maximum Gasteiger partial charge on any atom is 0.422 e. The van der Waals surface area contributed by atoms with Gasteiger partial charge in [-0.3, -0.25) is 14.5 Å². The van der Waals surface area contributed by atoms with Crippen LogP contribution >= 0.6 is 0 Å². The van der Waals surface area contributed by atoms with E-state index < -0.39 is 66.5 Å². The second kappa shape index (κ2) is 12.1. The lowest BCUT2D eigenvalue weighted by molar-refractivity contribution is -0.154. The number of hydrogen-bond acceptors (Lipinski definition) is 6. The number of halogens is 6. The summed E-state index contributed by atoms with van der Waals surface area (Å²) < 4.78 is 84.4. The summed E-state index contributed by atoms with van der Waals surface area (Å²) in [5.74, 6) is -3.96. The zero-order valence-corrected chi connectivity index (χ0v) is 18.3. The minimum absolute atomic E-state index is 0.130. The Labute approximate surface area is 196 Å². The maximum absolute atomic E-state index is 12.8. The molecule has 1 saturated heterocycles. The van der Waals surface area contributed by atoms with Gasteiger partial charge in [0, 0.05) is 25.6 Å². The lowest BCUT2D eigenvalue weighted by Crippen LogP contribution is -2.53. The van der Waals surface area contributed by atoms with Crippen molar-refractivity contribution in [1.82, 2.24) is 10.2 Å². The highest BCUT2D eigenvalue weighted by Gasteiger charge is 2.36. The van der Waals surface area contributed by atoms with Crippen LogP contribution in [0, 0.1) is 5.92 Å². The van der Waals surface area contributed by atoms with Gasteiger partial charge in [0.05, 0.1) is 11.5 Å². The van der Waals surface area contributed by atoms with E-state index >= 15 is 0 Å². The summed E-state index contributed by atoms with van der Waals surface area (Å²) in [7, 11) is 0. The van der Waals surface area contributed by atoms with Gasteiger partial charge in [0.1, 0.15) is 17.8 Å². The fraction of sp³-hybridized carbons (Fsp3) is 0.571. The summed E-state index contributed by atoms with van der Waals surface area (Å²) in [6.07, 6.45) is -7.77. The molecular formula is C21H24F6N2O6. The van der Waals surface area contributed by atoms with Crippen molar-refractivity contribution in [2.75, 3.05) is 32.8 Å². The molecule has 8 nitrogen and oxygen atoms in total. The van der Waals surface area contributed by atoms with Crippen molar-refractivity contribution in [3.05, 3.63) is 23.8 Å². The minimum Gasteiger partial charge on any atom is -0.484 e. The van der Waals surface area contributed by atoms with Crippen LogP contribution in [-0.2, 0) is 9.59 Å². The van der Waals surface area contributed by atoms with Crippen LogP contribution in [0.25, 0.3) is 0 Å². The van der Waals surface area contributed by atoms with Gasteiger partial charge < -0.3 is 24.7 Å². The van der Waals surface area contributed by atoms with E-state index in [-0.39, 0.29) is 19.5 Å². The Hall–Kier alpha value is -3.03. The fourth-order valence-electron chi connectivity index (χ4n) is 3.70. The summed E-state index contributed by atoms with van der Waals surface area (Å²) in [6.45, 7) is -2.96. The molecule has 2 atom stereocenters. The van der Waals surface area contributed by atoms with Crippen molar-refractivity contribution in [2.24, 2.45) is 5.92 Å². The average molecular weight is 514 g/mol. The highest BCUT2D eigenvalue weighted by molar-refractivity contribution is 5.97. The van der Waals surface area contributed by atoms with E-state index in [9.17, 15) is 45.8 Å². The molecule has 1 amide bonds. The van der Waals surface area contributed by atoms with Gasteiger partial charge in [0.2, 0.25) is 0 Å². The number of hydrogen-bond donors (Lipinski definition) is 2. The summed E-state index contributed by atoms with van der Waals surface area (Å²) >= 11 is 0. The summed E-state index contributed by atoms with van der Waals surface area (Å²) in [6, 6.07) is 1.90. The molecule has 0 radical (unpaired) electrons. The number of aliphatic carboxylic acids is 1. The minimum atomic E-state index is -4.74. The normalized spacial score (nSPS) is 19.1. The van der Waals surface area contributed by atoms with Crippen molar-refractivity contribution < 1.29 is 55.3 Å². The van der Waals surface area contributed by atoms with Crippen LogP contribution in [0.1, 0.15) is 29.6 Å². The standard InChI is InChI=1S/C21H24F6N2O6/c22-20(23,24)11-34-13-4-5-17(35-12-21(25,26)27)15(9-13)18(31)28-10-16-14(19(32)33)3-1-6-29(16)7-2-8-30/h4-5,8-9,14,16H,1-3,6-7,10-12H2,(H,28,31)(H,32,33). The third-order valence-electron chi connectivity index (χ3n) is 5.21. The number of carbonyl (C=O) groups is 3. The number of nitrogens with zero attached hydrogens (tertiary/aromatic N) is 1. The molecule has 0 saturated carbocycles. The quantitative estimate of drug-likeness (QED) is 0.346. The van der Waals surface area contributed by atoms with E-state index in [0.29, 0.717) is 25.7 Å². The number of amides is 1. The third kappa shape index (κ3) is 9.26. The predicted molar refractivity (Wildman–Crippen MR) is 108 cm³/mol. The van der Waals surface area contributed by atoms with Crippen molar-refractivity contribution in [2.45, 2.75) is 37.7 Å². The number of rotatable bonds is 11. The molecule has 1 fully saturated rings. The van der Waals surface area contributed by atoms with Crippen molar-refractivity contribution >= 4 is 18.2 Å². The topological polar surface area (TPSA) is 105 Å². The molecule has 1 aliphatic rings. The van der Waals surface area contributed by atoms with Crippen molar-refractivity contribution in [1.29, 1.82) is 0 Å². The van der Waals surface area contributed by atoms with E-state index in [1.54, 1.807) is 4.90 Å². The Bertz CT molecular complexity index is 892. The molecule has 0 spiro atoms. The highest BCUT2D eigenvalue weighted by atomic mass is 19.4. The molecule has 1 aliphatic heterocycles.